The second-order valence-electron chi connectivity index (χ2n) is 9.30. The molecule has 1 aliphatic heterocycles. The first kappa shape index (κ1) is 29.8. The molecule has 0 aliphatic carbocycles. The van der Waals surface area contributed by atoms with Gasteiger partial charge in [-0.25, -0.2) is 14.4 Å². The molecule has 1 aliphatic rings. The molecule has 4 N–H and O–H groups in total. The predicted molar refractivity (Wildman–Crippen MR) is 138 cm³/mol. The molecule has 0 radical (unpaired) electrons. The molecule has 1 heterocycles. The molecule has 202 valence electrons. The summed E-state index contributed by atoms with van der Waals surface area (Å²) in [6, 6.07) is 4.70. The number of nitrogens with zero attached hydrogens (tertiary/aromatic N) is 1. The molecule has 1 unspecified atom stereocenters. The number of hydrogen-bond donors (Lipinski definition) is 4. The fourth-order valence-electron chi connectivity index (χ4n) is 3.94. The van der Waals surface area contributed by atoms with Crippen molar-refractivity contribution in [2.75, 3.05) is 20.2 Å². The summed E-state index contributed by atoms with van der Waals surface area (Å²) >= 11 is 0. The van der Waals surface area contributed by atoms with Gasteiger partial charge >= 0.3 is 13.8 Å². The van der Waals surface area contributed by atoms with Crippen molar-refractivity contribution in [2.45, 2.75) is 71.4 Å². The summed E-state index contributed by atoms with van der Waals surface area (Å²) in [5, 5.41) is 5.08. The van der Waals surface area contributed by atoms with Crippen molar-refractivity contribution in [1.82, 2.24) is 15.3 Å². The van der Waals surface area contributed by atoms with Crippen LogP contribution in [0, 0.1) is 5.92 Å². The zero-order valence-corrected chi connectivity index (χ0v) is 22.3. The third-order valence-corrected chi connectivity index (χ3v) is 6.45. The summed E-state index contributed by atoms with van der Waals surface area (Å²) < 4.78 is 22.1. The highest BCUT2D eigenvalue weighted by Gasteiger charge is 2.30. The van der Waals surface area contributed by atoms with Gasteiger partial charge in [0.25, 0.3) is 0 Å². The first-order chi connectivity index (χ1) is 17.1. The Balaban J connectivity index is 1.87. The summed E-state index contributed by atoms with van der Waals surface area (Å²) in [5.41, 5.74) is 0.807. The normalized spacial score (nSPS) is 16.4. The van der Waals surface area contributed by atoms with Gasteiger partial charge in [-0.05, 0) is 62.1 Å². The molecule has 1 aromatic rings. The van der Waals surface area contributed by atoms with Crippen LogP contribution in [-0.4, -0.2) is 52.9 Å². The zero-order valence-electron chi connectivity index (χ0n) is 21.4. The van der Waals surface area contributed by atoms with Crippen molar-refractivity contribution < 1.29 is 33.4 Å². The summed E-state index contributed by atoms with van der Waals surface area (Å²) in [6.07, 6.45) is 9.23. The SMILES string of the molecule is COc1cc(CNC(=O)CCCC/C=C/C(C)C)ccc1OC(=O)N1CCCCC1CNP(=O)(O)O. The predicted octanol–water partition coefficient (Wildman–Crippen LogP) is 4.12. The number of likely N-dealkylation sites (tertiary alicyclic amines) is 1. The molecule has 10 nitrogen and oxygen atoms in total. The Labute approximate surface area is 213 Å². The first-order valence-electron chi connectivity index (χ1n) is 12.5. The minimum Gasteiger partial charge on any atom is -0.493 e. The Morgan fingerprint density at radius 1 is 1.22 bits per heavy atom. The second kappa shape index (κ2) is 15.0. The Morgan fingerprint density at radius 2 is 2.00 bits per heavy atom. The van der Waals surface area contributed by atoms with Crippen LogP contribution in [0.4, 0.5) is 4.79 Å². The van der Waals surface area contributed by atoms with E-state index in [1.54, 1.807) is 18.2 Å². The molecule has 0 spiro atoms. The topological polar surface area (TPSA) is 137 Å². The maximum absolute atomic E-state index is 12.8. The van der Waals surface area contributed by atoms with Gasteiger partial charge in [-0.1, -0.05) is 32.1 Å². The van der Waals surface area contributed by atoms with Gasteiger partial charge in [-0.3, -0.25) is 4.79 Å². The standard InChI is InChI=1S/C25H40N3O7P/c1-19(2)10-6-4-5-7-12-24(29)26-17-20-13-14-22(23(16-20)34-3)35-25(30)28-15-9-8-11-21(28)18-27-36(31,32)33/h6,10,13-14,16,19,21H,4-5,7-9,11-12,15,17-18H2,1-3H3,(H,26,29)(H3,27,31,32,33)/b10-6+. The molecular formula is C25H40N3O7P. The number of amides is 2. The fourth-order valence-corrected chi connectivity index (χ4v) is 4.39. The number of benzene rings is 1. The van der Waals surface area contributed by atoms with Crippen LogP contribution in [0.3, 0.4) is 0 Å². The second-order valence-corrected chi connectivity index (χ2v) is 10.7. The van der Waals surface area contributed by atoms with E-state index in [0.29, 0.717) is 37.6 Å². The van der Waals surface area contributed by atoms with Gasteiger partial charge in [0.05, 0.1) is 7.11 Å². The van der Waals surface area contributed by atoms with Crippen LogP contribution in [0.25, 0.3) is 0 Å². The third kappa shape index (κ3) is 11.1. The molecule has 1 saturated heterocycles. The number of piperidine rings is 1. The van der Waals surface area contributed by atoms with E-state index in [2.05, 4.69) is 36.4 Å². The zero-order chi connectivity index (χ0) is 26.6. The van der Waals surface area contributed by atoms with E-state index in [0.717, 1.165) is 37.7 Å². The number of unbranched alkanes of at least 4 members (excludes halogenated alkanes) is 2. The van der Waals surface area contributed by atoms with Gasteiger partial charge in [0, 0.05) is 32.1 Å². The van der Waals surface area contributed by atoms with Gasteiger partial charge in [-0.2, -0.15) is 0 Å². The van der Waals surface area contributed by atoms with Crippen LogP contribution in [-0.2, 0) is 15.9 Å². The van der Waals surface area contributed by atoms with Gasteiger partial charge < -0.3 is 29.5 Å². The number of ether oxygens (including phenoxy) is 2. The van der Waals surface area contributed by atoms with Crippen molar-refractivity contribution in [3.63, 3.8) is 0 Å². The lowest BCUT2D eigenvalue weighted by Gasteiger charge is -2.35. The molecule has 1 atom stereocenters. The first-order valence-corrected chi connectivity index (χ1v) is 14.1. The third-order valence-electron chi connectivity index (χ3n) is 5.86. The van der Waals surface area contributed by atoms with Gasteiger partial charge in [-0.15, -0.1) is 0 Å². The molecule has 0 aromatic heterocycles. The molecular weight excluding hydrogens is 485 g/mol. The Bertz CT molecular complexity index is 932. The number of carbonyl (C=O) groups is 2. The quantitative estimate of drug-likeness (QED) is 0.171. The van der Waals surface area contributed by atoms with E-state index in [1.807, 2.05) is 0 Å². The maximum Gasteiger partial charge on any atom is 0.415 e. The van der Waals surface area contributed by atoms with Crippen molar-refractivity contribution in [3.8, 4) is 11.5 Å². The lowest BCUT2D eigenvalue weighted by Crippen LogP contribution is -2.49. The molecule has 2 amide bonds. The molecule has 1 aromatic carbocycles. The van der Waals surface area contributed by atoms with E-state index in [4.69, 9.17) is 19.3 Å². The van der Waals surface area contributed by atoms with Gasteiger partial charge in [0.1, 0.15) is 0 Å². The van der Waals surface area contributed by atoms with Crippen molar-refractivity contribution >= 4 is 19.7 Å². The molecule has 0 bridgehead atoms. The number of rotatable bonds is 13. The van der Waals surface area contributed by atoms with E-state index < -0.39 is 13.8 Å². The number of allylic oxidation sites excluding steroid dienone is 2. The highest BCUT2D eigenvalue weighted by atomic mass is 31.2. The highest BCUT2D eigenvalue weighted by molar-refractivity contribution is 7.49. The summed E-state index contributed by atoms with van der Waals surface area (Å²) in [7, 11) is -2.92. The number of nitrogens with one attached hydrogen (secondary N) is 2. The van der Waals surface area contributed by atoms with Crippen LogP contribution in [0.5, 0.6) is 11.5 Å². The largest absolute Gasteiger partial charge is 0.493 e. The summed E-state index contributed by atoms with van der Waals surface area (Å²) in [5.74, 6) is 1.12. The van der Waals surface area contributed by atoms with E-state index in [1.165, 1.54) is 12.0 Å². The van der Waals surface area contributed by atoms with E-state index in [-0.39, 0.29) is 24.2 Å². The Hall–Kier alpha value is -2.39. The Kier molecular flexibility index (Phi) is 12.4. The lowest BCUT2D eigenvalue weighted by atomic mass is 10.0. The summed E-state index contributed by atoms with van der Waals surface area (Å²) in [6.45, 7) is 5.02. The van der Waals surface area contributed by atoms with Crippen LogP contribution < -0.4 is 19.9 Å². The number of carbonyl (C=O) groups excluding carboxylic acids is 2. The maximum atomic E-state index is 12.8. The van der Waals surface area contributed by atoms with Crippen molar-refractivity contribution in [3.05, 3.63) is 35.9 Å². The highest BCUT2D eigenvalue weighted by Crippen LogP contribution is 2.31. The van der Waals surface area contributed by atoms with Crippen molar-refractivity contribution in [1.29, 1.82) is 0 Å². The molecule has 2 rings (SSSR count). The van der Waals surface area contributed by atoms with Crippen LogP contribution in [0.15, 0.2) is 30.4 Å². The van der Waals surface area contributed by atoms with Crippen molar-refractivity contribution in [2.24, 2.45) is 5.92 Å². The van der Waals surface area contributed by atoms with Gasteiger partial charge in [0.15, 0.2) is 11.5 Å². The van der Waals surface area contributed by atoms with Crippen LogP contribution in [0.1, 0.15) is 64.4 Å². The minimum absolute atomic E-state index is 0.0163. The molecule has 11 heteroatoms. The number of hydrogen-bond acceptors (Lipinski definition) is 5. The smallest absolute Gasteiger partial charge is 0.415 e. The van der Waals surface area contributed by atoms with Crippen LogP contribution >= 0.6 is 7.75 Å². The molecule has 1 fully saturated rings. The average molecular weight is 526 g/mol. The lowest BCUT2D eigenvalue weighted by molar-refractivity contribution is -0.121. The minimum atomic E-state index is -4.38. The van der Waals surface area contributed by atoms with E-state index >= 15 is 0 Å². The molecule has 0 saturated carbocycles. The average Bonchev–Trinajstić information content (AvgIpc) is 2.83. The number of methoxy groups -OCH3 is 1. The van der Waals surface area contributed by atoms with E-state index in [9.17, 15) is 14.2 Å². The van der Waals surface area contributed by atoms with Crippen LogP contribution in [0.2, 0.25) is 0 Å². The fraction of sp³-hybridized carbons (Fsp3) is 0.600. The molecule has 36 heavy (non-hydrogen) atoms. The summed E-state index contributed by atoms with van der Waals surface area (Å²) in [4.78, 5) is 44.7. The Morgan fingerprint density at radius 3 is 2.69 bits per heavy atom. The monoisotopic (exact) mass is 525 g/mol. The van der Waals surface area contributed by atoms with Gasteiger partial charge in [0.2, 0.25) is 5.91 Å².